The average Bonchev–Trinajstić information content (AvgIpc) is 1.99. The van der Waals surface area contributed by atoms with Gasteiger partial charge in [-0.25, -0.2) is 13.2 Å². The van der Waals surface area contributed by atoms with Crippen molar-refractivity contribution in [3.8, 4) is 0 Å². The molecule has 0 aliphatic heterocycles. The first-order valence-corrected chi connectivity index (χ1v) is 4.85. The summed E-state index contributed by atoms with van der Waals surface area (Å²) in [7, 11) is 0.503. The minimum atomic E-state index is -2.93. The molecule has 0 N–H and O–H groups in total. The number of alkyl halides is 3. The molecule has 0 amide bonds. The van der Waals surface area contributed by atoms with Crippen LogP contribution in [-0.2, 0) is 8.85 Å². The fourth-order valence-corrected chi connectivity index (χ4v) is 1.73. The SMILES string of the molecule is CO[SiH](CC(F)C(F)F)OC. The van der Waals surface area contributed by atoms with E-state index in [9.17, 15) is 13.2 Å². The molecule has 0 aromatic heterocycles. The molecule has 0 bridgehead atoms. The molecule has 0 spiro atoms. The van der Waals surface area contributed by atoms with Gasteiger partial charge >= 0.3 is 9.28 Å². The van der Waals surface area contributed by atoms with Crippen molar-refractivity contribution in [3.63, 3.8) is 0 Å². The molecule has 2 nitrogen and oxygen atoms in total. The lowest BCUT2D eigenvalue weighted by atomic mass is 10.5. The predicted molar refractivity (Wildman–Crippen MR) is 36.9 cm³/mol. The minimum Gasteiger partial charge on any atom is -0.400 e. The van der Waals surface area contributed by atoms with E-state index < -0.39 is 21.9 Å². The molecule has 1 unspecified atom stereocenters. The van der Waals surface area contributed by atoms with Gasteiger partial charge in [0.2, 0.25) is 0 Å². The highest BCUT2D eigenvalue weighted by Crippen LogP contribution is 2.12. The van der Waals surface area contributed by atoms with Gasteiger partial charge < -0.3 is 8.85 Å². The molecule has 0 rings (SSSR count). The highest BCUT2D eigenvalue weighted by molar-refractivity contribution is 6.44. The molecule has 68 valence electrons. The lowest BCUT2D eigenvalue weighted by Gasteiger charge is -2.12. The van der Waals surface area contributed by atoms with E-state index in [4.69, 9.17) is 0 Å². The van der Waals surface area contributed by atoms with Gasteiger partial charge in [0.1, 0.15) is 0 Å². The van der Waals surface area contributed by atoms with Gasteiger partial charge in [0, 0.05) is 20.3 Å². The van der Waals surface area contributed by atoms with Gasteiger partial charge in [-0.1, -0.05) is 0 Å². The summed E-state index contributed by atoms with van der Waals surface area (Å²) in [6.07, 6.45) is -5.05. The zero-order chi connectivity index (χ0) is 8.85. The van der Waals surface area contributed by atoms with Gasteiger partial charge in [-0.2, -0.15) is 0 Å². The molecule has 0 aliphatic carbocycles. The third-order valence-electron chi connectivity index (χ3n) is 1.22. The number of hydrogen-bond donors (Lipinski definition) is 0. The molecule has 0 saturated carbocycles. The maximum absolute atomic E-state index is 12.3. The molecule has 0 aliphatic rings. The van der Waals surface area contributed by atoms with Crippen LogP contribution in [0.1, 0.15) is 0 Å². The number of rotatable bonds is 5. The highest BCUT2D eigenvalue weighted by Gasteiger charge is 2.25. The average molecular weight is 188 g/mol. The summed E-state index contributed by atoms with van der Waals surface area (Å²) in [5.41, 5.74) is 0. The molecule has 6 heteroatoms. The van der Waals surface area contributed by atoms with Gasteiger partial charge in [0.25, 0.3) is 6.43 Å². The minimum absolute atomic E-state index is 0.301. The Morgan fingerprint density at radius 1 is 1.18 bits per heavy atom. The third kappa shape index (κ3) is 4.38. The van der Waals surface area contributed by atoms with E-state index in [-0.39, 0.29) is 6.04 Å². The Bertz CT molecular complexity index is 99.7. The van der Waals surface area contributed by atoms with Crippen LogP contribution < -0.4 is 0 Å². The maximum atomic E-state index is 12.3. The Labute approximate surface area is 65.1 Å². The molecular weight excluding hydrogens is 177 g/mol. The van der Waals surface area contributed by atoms with Crippen molar-refractivity contribution in [2.45, 2.75) is 18.6 Å². The third-order valence-corrected chi connectivity index (χ3v) is 3.10. The largest absolute Gasteiger partial charge is 0.400 e. The maximum Gasteiger partial charge on any atom is 0.324 e. The van der Waals surface area contributed by atoms with Gasteiger partial charge in [0.15, 0.2) is 6.17 Å². The predicted octanol–water partition coefficient (Wildman–Crippen LogP) is 1.10. The molecule has 0 aromatic rings. The quantitative estimate of drug-likeness (QED) is 0.601. The van der Waals surface area contributed by atoms with Crippen LogP contribution in [-0.4, -0.2) is 36.1 Å². The Kier molecular flexibility index (Phi) is 5.52. The van der Waals surface area contributed by atoms with Crippen molar-refractivity contribution in [2.75, 3.05) is 14.2 Å². The normalized spacial score (nSPS) is 14.5. The first kappa shape index (κ1) is 10.9. The molecule has 0 radical (unpaired) electrons. The monoisotopic (exact) mass is 188 g/mol. The second-order valence-electron chi connectivity index (χ2n) is 1.99. The van der Waals surface area contributed by atoms with E-state index in [0.717, 1.165) is 0 Å². The standard InChI is InChI=1S/C5H11F3O2Si/c1-9-11(10-2)3-4(6)5(7)8/h4-5,11H,3H2,1-2H3. The molecule has 0 fully saturated rings. The molecule has 0 saturated heterocycles. The van der Waals surface area contributed by atoms with Gasteiger partial charge in [-0.3, -0.25) is 0 Å². The molecule has 0 heterocycles. The van der Waals surface area contributed by atoms with Crippen molar-refractivity contribution in [1.29, 1.82) is 0 Å². The van der Waals surface area contributed by atoms with Crippen LogP contribution in [0.4, 0.5) is 13.2 Å². The second-order valence-corrected chi connectivity index (χ2v) is 4.26. The molecule has 0 aromatic carbocycles. The first-order chi connectivity index (χ1) is 5.11. The zero-order valence-corrected chi connectivity index (χ0v) is 7.54. The van der Waals surface area contributed by atoms with Gasteiger partial charge in [0.05, 0.1) is 0 Å². The van der Waals surface area contributed by atoms with E-state index in [2.05, 4.69) is 8.85 Å². The van der Waals surface area contributed by atoms with Crippen molar-refractivity contribution >= 4 is 9.28 Å². The van der Waals surface area contributed by atoms with Crippen LogP contribution in [0.2, 0.25) is 6.04 Å². The Hall–Kier alpha value is -0.0731. The second kappa shape index (κ2) is 5.56. The van der Waals surface area contributed by atoms with Crippen molar-refractivity contribution < 1.29 is 22.0 Å². The Morgan fingerprint density at radius 3 is 1.91 bits per heavy atom. The fourth-order valence-electron chi connectivity index (χ4n) is 0.575. The smallest absolute Gasteiger partial charge is 0.324 e. The highest BCUT2D eigenvalue weighted by atomic mass is 28.3. The van der Waals surface area contributed by atoms with Crippen molar-refractivity contribution in [3.05, 3.63) is 0 Å². The number of halogens is 3. The first-order valence-electron chi connectivity index (χ1n) is 3.09. The van der Waals surface area contributed by atoms with E-state index in [1.54, 1.807) is 0 Å². The Morgan fingerprint density at radius 2 is 1.64 bits per heavy atom. The van der Waals surface area contributed by atoms with E-state index in [0.29, 0.717) is 0 Å². The van der Waals surface area contributed by atoms with E-state index in [1.165, 1.54) is 14.2 Å². The summed E-state index contributed by atoms with van der Waals surface area (Å²) < 4.78 is 44.8. The molecular formula is C5H11F3O2Si. The summed E-state index contributed by atoms with van der Waals surface area (Å²) >= 11 is 0. The zero-order valence-electron chi connectivity index (χ0n) is 6.39. The lowest BCUT2D eigenvalue weighted by Crippen LogP contribution is -2.26. The van der Waals surface area contributed by atoms with Crippen LogP contribution in [0.25, 0.3) is 0 Å². The molecule has 11 heavy (non-hydrogen) atoms. The lowest BCUT2D eigenvalue weighted by molar-refractivity contribution is 0.0553. The summed E-state index contributed by atoms with van der Waals surface area (Å²) in [5, 5.41) is 0. The van der Waals surface area contributed by atoms with Gasteiger partial charge in [-0.05, 0) is 0 Å². The summed E-state index contributed by atoms with van der Waals surface area (Å²) in [6, 6.07) is -0.301. The van der Waals surface area contributed by atoms with Crippen molar-refractivity contribution in [2.24, 2.45) is 0 Å². The van der Waals surface area contributed by atoms with E-state index >= 15 is 0 Å². The van der Waals surface area contributed by atoms with Crippen LogP contribution in [0, 0.1) is 0 Å². The van der Waals surface area contributed by atoms with Gasteiger partial charge in [-0.15, -0.1) is 0 Å². The Balaban J connectivity index is 3.62. The summed E-state index contributed by atoms with van der Waals surface area (Å²) in [5.74, 6) is 0. The molecule has 1 atom stereocenters. The number of hydrogen-bond acceptors (Lipinski definition) is 2. The van der Waals surface area contributed by atoms with Crippen LogP contribution >= 0.6 is 0 Å². The summed E-state index contributed by atoms with van der Waals surface area (Å²) in [6.45, 7) is 0. The van der Waals surface area contributed by atoms with Crippen LogP contribution in [0.15, 0.2) is 0 Å². The van der Waals surface area contributed by atoms with E-state index in [1.807, 2.05) is 0 Å². The van der Waals surface area contributed by atoms with Crippen molar-refractivity contribution in [1.82, 2.24) is 0 Å². The van der Waals surface area contributed by atoms with Crippen LogP contribution in [0.3, 0.4) is 0 Å². The van der Waals surface area contributed by atoms with Crippen LogP contribution in [0.5, 0.6) is 0 Å². The topological polar surface area (TPSA) is 18.5 Å². The fraction of sp³-hybridized carbons (Fsp3) is 1.00. The summed E-state index contributed by atoms with van der Waals surface area (Å²) in [4.78, 5) is 0.